The van der Waals surface area contributed by atoms with Gasteiger partial charge >= 0.3 is 0 Å². The topological polar surface area (TPSA) is 120 Å². The van der Waals surface area contributed by atoms with Gasteiger partial charge < -0.3 is 30.1 Å². The largest absolute Gasteiger partial charge is 0.394 e. The number of hydrogen-bond acceptors (Lipinski definition) is 7. The maximum Gasteiger partial charge on any atom is 0.245 e. The van der Waals surface area contributed by atoms with E-state index in [9.17, 15) is 19.5 Å². The Balaban J connectivity index is 1.46. The monoisotopic (exact) mass is 556 g/mol. The number of hydrogen-bond donors (Lipinski definition) is 3. The summed E-state index contributed by atoms with van der Waals surface area (Å²) in [6.45, 7) is 11.8. The van der Waals surface area contributed by atoms with Gasteiger partial charge in [-0.3, -0.25) is 19.3 Å². The molecule has 0 radical (unpaired) electrons. The Morgan fingerprint density at radius 2 is 1.85 bits per heavy atom. The minimum Gasteiger partial charge on any atom is -0.394 e. The van der Waals surface area contributed by atoms with Crippen LogP contribution in [0.25, 0.3) is 0 Å². The predicted molar refractivity (Wildman–Crippen MR) is 149 cm³/mol. The van der Waals surface area contributed by atoms with Crippen molar-refractivity contribution in [2.45, 2.75) is 63.8 Å². The third-order valence-electron chi connectivity index (χ3n) is 9.50. The van der Waals surface area contributed by atoms with Gasteiger partial charge in [0.15, 0.2) is 0 Å². The quantitative estimate of drug-likeness (QED) is 0.399. The van der Waals surface area contributed by atoms with E-state index in [2.05, 4.69) is 15.5 Å². The first-order valence-corrected chi connectivity index (χ1v) is 14.7. The highest BCUT2D eigenvalue weighted by atomic mass is 16.5. The fourth-order valence-corrected chi connectivity index (χ4v) is 7.59. The second-order valence-corrected chi connectivity index (χ2v) is 12.5. The van der Waals surface area contributed by atoms with Crippen LogP contribution in [-0.2, 0) is 23.9 Å². The molecule has 4 aliphatic rings. The lowest BCUT2D eigenvalue weighted by molar-refractivity contribution is -0.150. The first-order chi connectivity index (χ1) is 19.1. The Kier molecular flexibility index (Phi) is 8.25. The fourth-order valence-electron chi connectivity index (χ4n) is 7.59. The molecular formula is C30H44N4O6. The van der Waals surface area contributed by atoms with Crippen LogP contribution >= 0.6 is 0 Å². The minimum absolute atomic E-state index is 0.0515. The third kappa shape index (κ3) is 4.93. The molecule has 10 heteroatoms. The van der Waals surface area contributed by atoms with Crippen LogP contribution in [0.15, 0.2) is 30.3 Å². The van der Waals surface area contributed by atoms with E-state index in [4.69, 9.17) is 9.47 Å². The zero-order valence-electron chi connectivity index (χ0n) is 24.1. The second kappa shape index (κ2) is 11.4. The lowest BCUT2D eigenvalue weighted by Gasteiger charge is -2.37. The molecule has 4 aliphatic heterocycles. The standard InChI is InChI=1S/C30H44N4O6/c1-19(2)16-22(18-35)34-25(27(37)31-10-11-33-12-14-39-15-13-33)30-17-20(3)29(4,40-30)23(24(30)28(34)38)26(36)32-21-8-6-5-7-9-21/h5-9,19-20,22-25,35H,10-18H2,1-4H3,(H,31,37)(H,32,36)/t20?,22-,23+,24+,25?,29-,30?/m1/s1. The van der Waals surface area contributed by atoms with E-state index in [1.807, 2.05) is 58.0 Å². The molecule has 1 aromatic carbocycles. The number of carbonyl (C=O) groups excluding carboxylic acids is 3. The Morgan fingerprint density at radius 1 is 1.15 bits per heavy atom. The molecule has 7 atom stereocenters. The molecule has 1 aromatic rings. The number of rotatable bonds is 10. The molecule has 10 nitrogen and oxygen atoms in total. The van der Waals surface area contributed by atoms with Gasteiger partial charge in [-0.25, -0.2) is 0 Å². The van der Waals surface area contributed by atoms with E-state index in [0.717, 1.165) is 13.1 Å². The SMILES string of the molecule is CC(C)C[C@H](CO)N1C(=O)[C@@H]2[C@@H](C(=O)Nc3ccccc3)[C@]3(C)OC2(CC3C)C1C(=O)NCCN1CCOCC1. The van der Waals surface area contributed by atoms with E-state index >= 15 is 0 Å². The average molecular weight is 557 g/mol. The van der Waals surface area contributed by atoms with Gasteiger partial charge in [0, 0.05) is 31.9 Å². The van der Waals surface area contributed by atoms with Crippen LogP contribution in [0.5, 0.6) is 0 Å². The highest BCUT2D eigenvalue weighted by Crippen LogP contribution is 2.65. The number of nitrogens with one attached hydrogen (secondary N) is 2. The van der Waals surface area contributed by atoms with Crippen molar-refractivity contribution in [3.8, 4) is 0 Å². The maximum absolute atomic E-state index is 14.4. The molecule has 3 unspecified atom stereocenters. The van der Waals surface area contributed by atoms with Gasteiger partial charge in [0.25, 0.3) is 0 Å². The molecule has 0 aromatic heterocycles. The lowest BCUT2D eigenvalue weighted by atomic mass is 9.62. The van der Waals surface area contributed by atoms with Crippen LogP contribution in [0.3, 0.4) is 0 Å². The van der Waals surface area contributed by atoms with E-state index in [0.29, 0.717) is 44.8 Å². The van der Waals surface area contributed by atoms with Crippen molar-refractivity contribution in [3.63, 3.8) is 0 Å². The molecule has 3 N–H and O–H groups in total. The molecule has 40 heavy (non-hydrogen) atoms. The zero-order chi connectivity index (χ0) is 28.7. The third-order valence-corrected chi connectivity index (χ3v) is 9.50. The van der Waals surface area contributed by atoms with Crippen LogP contribution in [0.1, 0.15) is 40.5 Å². The highest BCUT2D eigenvalue weighted by Gasteiger charge is 2.80. The van der Waals surface area contributed by atoms with Crippen molar-refractivity contribution in [1.82, 2.24) is 15.1 Å². The molecule has 3 amide bonds. The number of aliphatic hydroxyl groups is 1. The number of aliphatic hydroxyl groups excluding tert-OH is 1. The number of fused-ring (bicyclic) bond motifs is 1. The summed E-state index contributed by atoms with van der Waals surface area (Å²) in [6.07, 6.45) is 1.03. The van der Waals surface area contributed by atoms with Gasteiger partial charge in [-0.2, -0.15) is 0 Å². The number of likely N-dealkylation sites (tertiary alicyclic amines) is 1. The van der Waals surface area contributed by atoms with Gasteiger partial charge in [-0.15, -0.1) is 0 Å². The Labute approximate surface area is 236 Å². The Bertz CT molecular complexity index is 1090. The molecule has 4 heterocycles. The molecule has 0 aliphatic carbocycles. The first kappa shape index (κ1) is 29.0. The summed E-state index contributed by atoms with van der Waals surface area (Å²) in [5.74, 6) is -2.28. The molecule has 4 fully saturated rings. The Morgan fingerprint density at radius 3 is 2.50 bits per heavy atom. The summed E-state index contributed by atoms with van der Waals surface area (Å²) < 4.78 is 12.2. The molecule has 2 bridgehead atoms. The fraction of sp³-hybridized carbons (Fsp3) is 0.700. The number of carbonyl (C=O) groups is 3. The van der Waals surface area contributed by atoms with E-state index in [-0.39, 0.29) is 36.2 Å². The number of amides is 3. The summed E-state index contributed by atoms with van der Waals surface area (Å²) >= 11 is 0. The number of ether oxygens (including phenoxy) is 2. The predicted octanol–water partition coefficient (Wildman–Crippen LogP) is 1.49. The summed E-state index contributed by atoms with van der Waals surface area (Å²) in [4.78, 5) is 46.1. The molecule has 5 rings (SSSR count). The number of para-hydroxylation sites is 1. The molecular weight excluding hydrogens is 512 g/mol. The lowest BCUT2D eigenvalue weighted by Crippen LogP contribution is -2.59. The van der Waals surface area contributed by atoms with Crippen molar-refractivity contribution in [2.24, 2.45) is 23.7 Å². The summed E-state index contributed by atoms with van der Waals surface area (Å²) in [5.41, 5.74) is -1.39. The number of morpholine rings is 1. The second-order valence-electron chi connectivity index (χ2n) is 12.5. The molecule has 0 saturated carbocycles. The molecule has 4 saturated heterocycles. The number of nitrogens with zero attached hydrogens (tertiary/aromatic N) is 2. The van der Waals surface area contributed by atoms with Gasteiger partial charge in [0.05, 0.1) is 43.3 Å². The van der Waals surface area contributed by atoms with Crippen molar-refractivity contribution < 1.29 is 29.0 Å². The van der Waals surface area contributed by atoms with Crippen LogP contribution in [0.2, 0.25) is 0 Å². The minimum atomic E-state index is -1.14. The van der Waals surface area contributed by atoms with E-state index in [1.54, 1.807) is 4.90 Å². The van der Waals surface area contributed by atoms with Crippen LogP contribution in [-0.4, -0.2) is 102 Å². The molecule has 1 spiro atoms. The normalized spacial score (nSPS) is 34.2. The van der Waals surface area contributed by atoms with E-state index in [1.165, 1.54) is 0 Å². The van der Waals surface area contributed by atoms with Gasteiger partial charge in [0.1, 0.15) is 11.6 Å². The summed E-state index contributed by atoms with van der Waals surface area (Å²) in [7, 11) is 0. The van der Waals surface area contributed by atoms with Crippen LogP contribution in [0.4, 0.5) is 5.69 Å². The van der Waals surface area contributed by atoms with Crippen LogP contribution < -0.4 is 10.6 Å². The van der Waals surface area contributed by atoms with E-state index < -0.39 is 35.1 Å². The first-order valence-electron chi connectivity index (χ1n) is 14.7. The van der Waals surface area contributed by atoms with Gasteiger partial charge in [-0.05, 0) is 43.7 Å². The van der Waals surface area contributed by atoms with Crippen molar-refractivity contribution in [2.75, 3.05) is 51.3 Å². The van der Waals surface area contributed by atoms with Crippen molar-refractivity contribution >= 4 is 23.4 Å². The van der Waals surface area contributed by atoms with Crippen molar-refractivity contribution in [1.29, 1.82) is 0 Å². The smallest absolute Gasteiger partial charge is 0.245 e. The van der Waals surface area contributed by atoms with Crippen molar-refractivity contribution in [3.05, 3.63) is 30.3 Å². The molecule has 220 valence electrons. The number of benzene rings is 1. The highest BCUT2D eigenvalue weighted by molar-refractivity contribution is 6.02. The number of anilines is 1. The summed E-state index contributed by atoms with van der Waals surface area (Å²) in [5, 5.41) is 16.5. The van der Waals surface area contributed by atoms with Crippen LogP contribution in [0, 0.1) is 23.7 Å². The summed E-state index contributed by atoms with van der Waals surface area (Å²) in [6, 6.07) is 7.71. The Hall–Kier alpha value is -2.53. The average Bonchev–Trinajstić information content (AvgIpc) is 3.45. The zero-order valence-corrected chi connectivity index (χ0v) is 24.1. The van der Waals surface area contributed by atoms with Gasteiger partial charge in [0.2, 0.25) is 17.7 Å². The maximum atomic E-state index is 14.4. The van der Waals surface area contributed by atoms with Gasteiger partial charge in [-0.1, -0.05) is 39.0 Å².